The number of benzene rings is 1. The third-order valence-corrected chi connectivity index (χ3v) is 4.41. The van der Waals surface area contributed by atoms with Gasteiger partial charge in [0, 0.05) is 6.92 Å². The number of hydrogen-bond acceptors (Lipinski definition) is 4. The van der Waals surface area contributed by atoms with Crippen molar-refractivity contribution in [1.82, 2.24) is 9.84 Å². The van der Waals surface area contributed by atoms with E-state index in [1.165, 1.54) is 24.3 Å². The fraction of sp³-hybridized carbons (Fsp3) is 0.385. The van der Waals surface area contributed by atoms with Gasteiger partial charge in [0.1, 0.15) is 6.04 Å². The summed E-state index contributed by atoms with van der Waals surface area (Å²) in [6.07, 6.45) is 0. The molecule has 1 aromatic carbocycles. The molecule has 7 nitrogen and oxygen atoms in total. The van der Waals surface area contributed by atoms with Crippen molar-refractivity contribution in [3.63, 3.8) is 0 Å². The Bertz CT molecular complexity index is 613. The SMILES string of the molecule is CC(=O)NN(C(C(=O)O)C(C)C)S(=O)(=O)c1ccccc1. The van der Waals surface area contributed by atoms with Gasteiger partial charge in [-0.3, -0.25) is 15.0 Å². The van der Waals surface area contributed by atoms with Gasteiger partial charge >= 0.3 is 5.97 Å². The molecule has 0 spiro atoms. The molecule has 0 aromatic heterocycles. The quantitative estimate of drug-likeness (QED) is 0.757. The summed E-state index contributed by atoms with van der Waals surface area (Å²) in [7, 11) is -4.16. The first kappa shape index (κ1) is 17.1. The van der Waals surface area contributed by atoms with Crippen LogP contribution in [0.2, 0.25) is 0 Å². The third kappa shape index (κ3) is 4.02. The van der Waals surface area contributed by atoms with Crippen LogP contribution in [0.15, 0.2) is 35.2 Å². The van der Waals surface area contributed by atoms with Crippen LogP contribution in [0.1, 0.15) is 20.8 Å². The van der Waals surface area contributed by atoms with E-state index >= 15 is 0 Å². The number of carboxylic acids is 1. The smallest absolute Gasteiger partial charge is 0.324 e. The van der Waals surface area contributed by atoms with Crippen LogP contribution in [0.4, 0.5) is 0 Å². The molecule has 0 aliphatic carbocycles. The molecule has 0 aliphatic heterocycles. The number of carbonyl (C=O) groups is 2. The number of nitrogens with one attached hydrogen (secondary N) is 1. The zero-order chi connectivity index (χ0) is 16.2. The number of nitrogens with zero attached hydrogens (tertiary/aromatic N) is 1. The molecule has 0 heterocycles. The molecule has 21 heavy (non-hydrogen) atoms. The highest BCUT2D eigenvalue weighted by Crippen LogP contribution is 2.20. The number of carbonyl (C=O) groups excluding carboxylic acids is 1. The highest BCUT2D eigenvalue weighted by molar-refractivity contribution is 7.89. The highest BCUT2D eigenvalue weighted by atomic mass is 32.2. The number of rotatable bonds is 6. The second-order valence-electron chi connectivity index (χ2n) is 4.81. The van der Waals surface area contributed by atoms with Crippen molar-refractivity contribution in [3.8, 4) is 0 Å². The first-order valence-electron chi connectivity index (χ1n) is 6.27. The van der Waals surface area contributed by atoms with E-state index in [1.807, 2.05) is 0 Å². The van der Waals surface area contributed by atoms with Crippen LogP contribution in [-0.4, -0.2) is 35.9 Å². The number of amides is 1. The van der Waals surface area contributed by atoms with Crippen molar-refractivity contribution in [3.05, 3.63) is 30.3 Å². The van der Waals surface area contributed by atoms with Gasteiger partial charge in [0.05, 0.1) is 4.90 Å². The first-order valence-corrected chi connectivity index (χ1v) is 7.71. The maximum Gasteiger partial charge on any atom is 0.324 e. The Morgan fingerprint density at radius 3 is 2.10 bits per heavy atom. The first-order chi connectivity index (χ1) is 9.67. The Morgan fingerprint density at radius 1 is 1.19 bits per heavy atom. The monoisotopic (exact) mass is 314 g/mol. The molecule has 0 saturated carbocycles. The van der Waals surface area contributed by atoms with E-state index in [1.54, 1.807) is 19.9 Å². The van der Waals surface area contributed by atoms with Gasteiger partial charge in [-0.1, -0.05) is 36.5 Å². The highest BCUT2D eigenvalue weighted by Gasteiger charge is 2.38. The maximum absolute atomic E-state index is 12.6. The molecule has 1 unspecified atom stereocenters. The lowest BCUT2D eigenvalue weighted by atomic mass is 10.1. The lowest BCUT2D eigenvalue weighted by Gasteiger charge is -2.30. The largest absolute Gasteiger partial charge is 0.480 e. The summed E-state index contributed by atoms with van der Waals surface area (Å²) >= 11 is 0. The van der Waals surface area contributed by atoms with E-state index < -0.39 is 33.9 Å². The summed E-state index contributed by atoms with van der Waals surface area (Å²) in [6.45, 7) is 4.25. The van der Waals surface area contributed by atoms with Crippen molar-refractivity contribution in [1.29, 1.82) is 0 Å². The van der Waals surface area contributed by atoms with Crippen LogP contribution >= 0.6 is 0 Å². The van der Waals surface area contributed by atoms with Crippen LogP contribution in [-0.2, 0) is 19.6 Å². The normalized spacial score (nSPS) is 13.2. The zero-order valence-corrected chi connectivity index (χ0v) is 12.8. The molecule has 8 heteroatoms. The van der Waals surface area contributed by atoms with Gasteiger partial charge in [-0.25, -0.2) is 8.42 Å². The molecule has 1 atom stereocenters. The number of carboxylic acid groups (broad SMARTS) is 1. The van der Waals surface area contributed by atoms with Crippen LogP contribution < -0.4 is 5.43 Å². The summed E-state index contributed by atoms with van der Waals surface area (Å²) in [5.74, 6) is -2.53. The Morgan fingerprint density at radius 2 is 1.71 bits per heavy atom. The van der Waals surface area contributed by atoms with Gasteiger partial charge in [0.2, 0.25) is 5.91 Å². The van der Waals surface area contributed by atoms with Crippen LogP contribution in [0.3, 0.4) is 0 Å². The Kier molecular flexibility index (Phi) is 5.45. The summed E-state index contributed by atoms with van der Waals surface area (Å²) in [5, 5.41) is 9.28. The fourth-order valence-corrected chi connectivity index (χ4v) is 3.41. The van der Waals surface area contributed by atoms with Crippen molar-refractivity contribution in [2.24, 2.45) is 5.92 Å². The van der Waals surface area contributed by atoms with Crippen molar-refractivity contribution < 1.29 is 23.1 Å². The number of aliphatic carboxylic acids is 1. The molecule has 1 aromatic rings. The molecule has 1 amide bonds. The molecule has 116 valence electrons. The Hall–Kier alpha value is -1.93. The lowest BCUT2D eigenvalue weighted by Crippen LogP contribution is -2.56. The van der Waals surface area contributed by atoms with Gasteiger partial charge in [-0.2, -0.15) is 0 Å². The minimum Gasteiger partial charge on any atom is -0.480 e. The number of hydrogen-bond donors (Lipinski definition) is 2. The maximum atomic E-state index is 12.6. The lowest BCUT2D eigenvalue weighted by molar-refractivity contribution is -0.144. The minimum absolute atomic E-state index is 0.0920. The standard InChI is InChI=1S/C13H18N2O5S/c1-9(2)12(13(17)18)15(14-10(3)16)21(19,20)11-7-5-4-6-8-11/h4-9,12H,1-3H3,(H,14,16)(H,17,18). The third-order valence-electron chi connectivity index (χ3n) is 2.70. The molecule has 0 aliphatic rings. The van der Waals surface area contributed by atoms with E-state index in [4.69, 9.17) is 0 Å². The Balaban J connectivity index is 3.37. The van der Waals surface area contributed by atoms with Gasteiger partial charge in [-0.05, 0) is 18.1 Å². The average molecular weight is 314 g/mol. The van der Waals surface area contributed by atoms with E-state index in [0.29, 0.717) is 4.41 Å². The molecular formula is C13H18N2O5S. The molecule has 0 saturated heterocycles. The predicted octanol–water partition coefficient (Wildman–Crippen LogP) is 0.838. The van der Waals surface area contributed by atoms with Crippen molar-refractivity contribution in [2.45, 2.75) is 31.7 Å². The molecule has 1 rings (SSSR count). The Labute approximate surface area is 123 Å². The summed E-state index contributed by atoms with van der Waals surface area (Å²) in [5.41, 5.74) is 2.11. The average Bonchev–Trinajstić information content (AvgIpc) is 2.37. The van der Waals surface area contributed by atoms with Gasteiger partial charge < -0.3 is 5.11 Å². The fourth-order valence-electron chi connectivity index (χ4n) is 1.80. The van der Waals surface area contributed by atoms with Crippen LogP contribution in [0, 0.1) is 5.92 Å². The van der Waals surface area contributed by atoms with Crippen molar-refractivity contribution in [2.75, 3.05) is 0 Å². The van der Waals surface area contributed by atoms with Crippen LogP contribution in [0.5, 0.6) is 0 Å². The van der Waals surface area contributed by atoms with Crippen LogP contribution in [0.25, 0.3) is 0 Å². The topological polar surface area (TPSA) is 104 Å². The summed E-state index contributed by atoms with van der Waals surface area (Å²) in [4.78, 5) is 22.6. The van der Waals surface area contributed by atoms with Gasteiger partial charge in [-0.15, -0.1) is 0 Å². The van der Waals surface area contributed by atoms with E-state index in [2.05, 4.69) is 5.43 Å². The van der Waals surface area contributed by atoms with Crippen molar-refractivity contribution >= 4 is 21.9 Å². The summed E-state index contributed by atoms with van der Waals surface area (Å²) in [6, 6.07) is 5.94. The van der Waals surface area contributed by atoms with E-state index in [0.717, 1.165) is 6.92 Å². The minimum atomic E-state index is -4.16. The number of hydrazine groups is 1. The second-order valence-corrected chi connectivity index (χ2v) is 6.62. The molecule has 0 bridgehead atoms. The number of sulfonamides is 1. The molecule has 2 N–H and O–H groups in total. The molecule has 0 fully saturated rings. The van der Waals surface area contributed by atoms with Gasteiger partial charge in [0.25, 0.3) is 10.0 Å². The van der Waals surface area contributed by atoms with Gasteiger partial charge in [0.15, 0.2) is 0 Å². The predicted molar refractivity (Wildman–Crippen MR) is 75.5 cm³/mol. The second kappa shape index (κ2) is 6.68. The molecule has 0 radical (unpaired) electrons. The van der Waals surface area contributed by atoms with E-state index in [9.17, 15) is 23.1 Å². The van der Waals surface area contributed by atoms with E-state index in [-0.39, 0.29) is 4.90 Å². The zero-order valence-electron chi connectivity index (χ0n) is 12.0. The summed E-state index contributed by atoms with van der Waals surface area (Å²) < 4.78 is 25.6. The molecular weight excluding hydrogens is 296 g/mol.